The molecular formula is C17H25N3O3. The molecule has 1 amide bonds. The second-order valence-electron chi connectivity index (χ2n) is 7.00. The molecule has 23 heavy (non-hydrogen) atoms. The van der Waals surface area contributed by atoms with Crippen molar-refractivity contribution in [3.05, 3.63) is 17.7 Å². The summed E-state index contributed by atoms with van der Waals surface area (Å²) >= 11 is 0. The van der Waals surface area contributed by atoms with E-state index in [-0.39, 0.29) is 24.0 Å². The molecule has 1 saturated heterocycles. The van der Waals surface area contributed by atoms with Crippen molar-refractivity contribution < 1.29 is 14.6 Å². The largest absolute Gasteiger partial charge is 0.393 e. The molecule has 4 rings (SSSR count). The van der Waals surface area contributed by atoms with Crippen LogP contribution in [0.3, 0.4) is 0 Å². The molecular weight excluding hydrogens is 294 g/mol. The molecule has 3 atom stereocenters. The molecule has 1 N–H and O–H groups in total. The fraction of sp³-hybridized carbons (Fsp3) is 0.765. The molecule has 0 aromatic carbocycles. The summed E-state index contributed by atoms with van der Waals surface area (Å²) in [6.45, 7) is 2.65. The lowest BCUT2D eigenvalue weighted by Gasteiger charge is -2.39. The average Bonchev–Trinajstić information content (AvgIpc) is 3.20. The van der Waals surface area contributed by atoms with Crippen molar-refractivity contribution in [2.75, 3.05) is 19.8 Å². The summed E-state index contributed by atoms with van der Waals surface area (Å²) < 4.78 is 7.73. The highest BCUT2D eigenvalue weighted by molar-refractivity contribution is 5.92. The minimum absolute atomic E-state index is 0.000648. The smallest absolute Gasteiger partial charge is 0.274 e. The number of fused-ring (bicyclic) bond motifs is 1. The first-order valence-corrected chi connectivity index (χ1v) is 8.87. The van der Waals surface area contributed by atoms with Crippen molar-refractivity contribution in [2.24, 2.45) is 5.92 Å². The van der Waals surface area contributed by atoms with Crippen LogP contribution in [0.1, 0.15) is 48.4 Å². The maximum absolute atomic E-state index is 13.0. The van der Waals surface area contributed by atoms with Crippen molar-refractivity contribution in [1.82, 2.24) is 14.5 Å². The molecule has 6 heteroatoms. The topological polar surface area (TPSA) is 67.6 Å². The molecule has 1 aliphatic carbocycles. The van der Waals surface area contributed by atoms with Crippen molar-refractivity contribution in [2.45, 2.75) is 57.2 Å². The van der Waals surface area contributed by atoms with Crippen LogP contribution in [0.5, 0.6) is 0 Å². The summed E-state index contributed by atoms with van der Waals surface area (Å²) in [4.78, 5) is 19.5. The summed E-state index contributed by atoms with van der Waals surface area (Å²) in [5.41, 5.74) is 0.557. The minimum Gasteiger partial charge on any atom is -0.393 e. The van der Waals surface area contributed by atoms with Crippen LogP contribution in [0.15, 0.2) is 6.20 Å². The van der Waals surface area contributed by atoms with E-state index in [9.17, 15) is 9.90 Å². The number of hydrogen-bond acceptors (Lipinski definition) is 4. The quantitative estimate of drug-likeness (QED) is 0.890. The van der Waals surface area contributed by atoms with Crippen LogP contribution in [0, 0.1) is 5.92 Å². The third-order valence-electron chi connectivity index (χ3n) is 5.58. The second-order valence-corrected chi connectivity index (χ2v) is 7.00. The van der Waals surface area contributed by atoms with E-state index in [1.807, 2.05) is 11.1 Å². The van der Waals surface area contributed by atoms with Gasteiger partial charge < -0.3 is 19.3 Å². The average molecular weight is 319 g/mol. The lowest BCUT2D eigenvalue weighted by molar-refractivity contribution is -0.0385. The molecule has 0 bridgehead atoms. The van der Waals surface area contributed by atoms with E-state index in [2.05, 4.69) is 9.55 Å². The molecule has 2 aliphatic heterocycles. The predicted molar refractivity (Wildman–Crippen MR) is 84.2 cm³/mol. The van der Waals surface area contributed by atoms with Crippen molar-refractivity contribution in [3.8, 4) is 0 Å². The number of imidazole rings is 1. The lowest BCUT2D eigenvalue weighted by Crippen LogP contribution is -2.53. The van der Waals surface area contributed by atoms with Crippen molar-refractivity contribution in [3.63, 3.8) is 0 Å². The molecule has 3 heterocycles. The Kier molecular flexibility index (Phi) is 4.11. The first-order chi connectivity index (χ1) is 11.2. The van der Waals surface area contributed by atoms with Gasteiger partial charge in [0.2, 0.25) is 0 Å². The number of aliphatic hydroxyl groups excluding tert-OH is 1. The summed E-state index contributed by atoms with van der Waals surface area (Å²) in [5, 5.41) is 10.2. The van der Waals surface area contributed by atoms with Gasteiger partial charge in [-0.05, 0) is 25.7 Å². The minimum atomic E-state index is -0.313. The van der Waals surface area contributed by atoms with Gasteiger partial charge in [-0.1, -0.05) is 6.42 Å². The number of aryl methyl sites for hydroxylation is 2. The van der Waals surface area contributed by atoms with Gasteiger partial charge in [0.25, 0.3) is 5.91 Å². The Hall–Kier alpha value is -1.40. The van der Waals surface area contributed by atoms with Crippen LogP contribution in [0.4, 0.5) is 0 Å². The summed E-state index contributed by atoms with van der Waals surface area (Å²) in [6.07, 6.45) is 7.70. The molecule has 1 saturated carbocycles. The number of hydrogen-bond donors (Lipinski definition) is 1. The highest BCUT2D eigenvalue weighted by Crippen LogP contribution is 2.32. The Morgan fingerprint density at radius 3 is 2.96 bits per heavy atom. The molecule has 2 fully saturated rings. The third-order valence-corrected chi connectivity index (χ3v) is 5.58. The number of aromatic nitrogens is 2. The van der Waals surface area contributed by atoms with Gasteiger partial charge in [0.05, 0.1) is 25.4 Å². The SMILES string of the molecule is O=C(c1cn2c(n1)CCCC2)N1CCOC[C@@H]1[C@H]1CCC[C@H]1O. The molecule has 0 radical (unpaired) electrons. The van der Waals surface area contributed by atoms with Crippen molar-refractivity contribution in [1.29, 1.82) is 0 Å². The molecule has 0 spiro atoms. The lowest BCUT2D eigenvalue weighted by atomic mass is 9.94. The van der Waals surface area contributed by atoms with Gasteiger partial charge in [-0.25, -0.2) is 4.98 Å². The zero-order valence-corrected chi connectivity index (χ0v) is 13.5. The molecule has 1 aromatic heterocycles. The van der Waals surface area contributed by atoms with Gasteiger partial charge in [-0.3, -0.25) is 4.79 Å². The van der Waals surface area contributed by atoms with Crippen LogP contribution in [-0.2, 0) is 17.7 Å². The van der Waals surface area contributed by atoms with Crippen LogP contribution in [0.25, 0.3) is 0 Å². The van der Waals surface area contributed by atoms with Crippen LogP contribution >= 0.6 is 0 Å². The van der Waals surface area contributed by atoms with E-state index < -0.39 is 0 Å². The van der Waals surface area contributed by atoms with E-state index in [4.69, 9.17) is 4.74 Å². The van der Waals surface area contributed by atoms with E-state index in [1.54, 1.807) is 0 Å². The molecule has 3 aliphatic rings. The molecule has 6 nitrogen and oxygen atoms in total. The number of rotatable bonds is 2. The molecule has 0 unspecified atom stereocenters. The van der Waals surface area contributed by atoms with E-state index in [1.165, 1.54) is 0 Å². The number of aliphatic hydroxyl groups is 1. The van der Waals surface area contributed by atoms with E-state index >= 15 is 0 Å². The Balaban J connectivity index is 1.56. The van der Waals surface area contributed by atoms with Gasteiger partial charge >= 0.3 is 0 Å². The maximum atomic E-state index is 13.0. The third kappa shape index (κ3) is 2.78. The Bertz CT molecular complexity index is 562. The van der Waals surface area contributed by atoms with Gasteiger partial charge in [-0.2, -0.15) is 0 Å². The number of ether oxygens (including phenoxy) is 1. The van der Waals surface area contributed by atoms with Gasteiger partial charge in [-0.15, -0.1) is 0 Å². The zero-order chi connectivity index (χ0) is 15.8. The maximum Gasteiger partial charge on any atom is 0.274 e. The monoisotopic (exact) mass is 319 g/mol. The number of carbonyl (C=O) groups excluding carboxylic acids is 1. The van der Waals surface area contributed by atoms with Crippen molar-refractivity contribution >= 4 is 5.91 Å². The molecule has 126 valence electrons. The van der Waals surface area contributed by atoms with Gasteiger partial charge in [0.1, 0.15) is 11.5 Å². The second kappa shape index (κ2) is 6.24. The first kappa shape index (κ1) is 15.1. The Labute approximate surface area is 136 Å². The number of carbonyl (C=O) groups is 1. The standard InChI is InChI=1S/C17H25N3O3/c21-15-5-3-4-12(15)14-11-23-9-8-20(14)17(22)13-10-19-7-2-1-6-16(19)18-13/h10,12,14-15,21H,1-9,11H2/t12-,14-,15-/m1/s1. The summed E-state index contributed by atoms with van der Waals surface area (Å²) in [5.74, 6) is 1.17. The van der Waals surface area contributed by atoms with Crippen LogP contribution in [-0.4, -0.2) is 57.4 Å². The highest BCUT2D eigenvalue weighted by Gasteiger charge is 2.40. The van der Waals surface area contributed by atoms with Gasteiger partial charge in [0.15, 0.2) is 0 Å². The van der Waals surface area contributed by atoms with E-state index in [0.29, 0.717) is 25.5 Å². The fourth-order valence-electron chi connectivity index (χ4n) is 4.31. The number of nitrogens with zero attached hydrogens (tertiary/aromatic N) is 3. The summed E-state index contributed by atoms with van der Waals surface area (Å²) in [6, 6.07) is -0.0209. The number of amides is 1. The number of morpholine rings is 1. The van der Waals surface area contributed by atoms with Crippen LogP contribution < -0.4 is 0 Å². The first-order valence-electron chi connectivity index (χ1n) is 8.87. The molecule has 1 aromatic rings. The predicted octanol–water partition coefficient (Wildman–Crippen LogP) is 1.22. The Morgan fingerprint density at radius 1 is 1.26 bits per heavy atom. The normalized spacial score (nSPS) is 31.2. The Morgan fingerprint density at radius 2 is 2.17 bits per heavy atom. The fourth-order valence-corrected chi connectivity index (χ4v) is 4.31. The summed E-state index contributed by atoms with van der Waals surface area (Å²) in [7, 11) is 0. The zero-order valence-electron chi connectivity index (χ0n) is 13.5. The van der Waals surface area contributed by atoms with Gasteiger partial charge in [0, 0.05) is 31.6 Å². The highest BCUT2D eigenvalue weighted by atomic mass is 16.5. The van der Waals surface area contributed by atoms with Crippen LogP contribution in [0.2, 0.25) is 0 Å². The van der Waals surface area contributed by atoms with E-state index in [0.717, 1.165) is 50.9 Å².